The van der Waals surface area contributed by atoms with Crippen LogP contribution >= 0.6 is 0 Å². The van der Waals surface area contributed by atoms with Gasteiger partial charge in [-0.15, -0.1) is 0 Å². The van der Waals surface area contributed by atoms with Crippen LogP contribution in [0.5, 0.6) is 0 Å². The summed E-state index contributed by atoms with van der Waals surface area (Å²) in [5, 5.41) is 6.19. The molecule has 0 saturated carbocycles. The highest BCUT2D eigenvalue weighted by Crippen LogP contribution is 2.32. The molecule has 13 heteroatoms. The quantitative estimate of drug-likeness (QED) is 0.435. The van der Waals surface area contributed by atoms with Crippen molar-refractivity contribution in [2.75, 3.05) is 34.8 Å². The average molecular weight is 588 g/mol. The van der Waals surface area contributed by atoms with Gasteiger partial charge in [0.1, 0.15) is 26.8 Å². The molecule has 2 aliphatic heterocycles. The normalized spacial score (nSPS) is 19.6. The Labute approximate surface area is 241 Å². The maximum atomic E-state index is 12.3. The molecular weight excluding hydrogens is 546 g/mol. The Kier molecular flexibility index (Phi) is 9.05. The molecule has 0 spiro atoms. The van der Waals surface area contributed by atoms with Crippen molar-refractivity contribution in [1.82, 2.24) is 20.3 Å². The molecule has 2 amide bonds. The van der Waals surface area contributed by atoms with Crippen molar-refractivity contribution in [2.45, 2.75) is 83.8 Å². The van der Waals surface area contributed by atoms with E-state index in [1.807, 2.05) is 51.7 Å². The van der Waals surface area contributed by atoms with E-state index >= 15 is 0 Å². The second-order valence-electron chi connectivity index (χ2n) is 12.1. The number of primary amides is 1. The zero-order valence-corrected chi connectivity index (χ0v) is 25.3. The lowest BCUT2D eigenvalue weighted by molar-refractivity contribution is 0.0499. The Hall–Kier alpha value is -3.48. The first-order valence-electron chi connectivity index (χ1n) is 14.1. The number of hydrogen-bond acceptors (Lipinski definition) is 10. The Morgan fingerprint density at radius 1 is 1.12 bits per heavy atom. The monoisotopic (exact) mass is 587 g/mol. The molecule has 1 atom stereocenters. The second-order valence-corrected chi connectivity index (χ2v) is 14.4. The molecule has 2 aromatic rings. The number of hydrogen-bond donors (Lipinski definition) is 3. The van der Waals surface area contributed by atoms with Crippen molar-refractivity contribution < 1.29 is 22.7 Å². The fourth-order valence-corrected chi connectivity index (χ4v) is 6.52. The van der Waals surface area contributed by atoms with Gasteiger partial charge in [-0.1, -0.05) is 13.8 Å². The summed E-state index contributed by atoms with van der Waals surface area (Å²) in [6.45, 7) is 10.7. The standard InChI is InChI=1S/C28H41N7O5S/c1-17(2)22-13-20(14-23(33-22)18-8-11-41(38,39)12-9-18)31-25-21(24(29)36)15-30-26(34-25)35-10-6-7-19(16-35)32-27(37)40-28(3,4)5/h13-15,17-19H,6-12,16H2,1-5H3,(H2,29,36)(H,32,37)(H,30,31,33,34)/t19-/m0/s1. The first-order valence-corrected chi connectivity index (χ1v) is 15.9. The zero-order valence-electron chi connectivity index (χ0n) is 24.4. The lowest BCUT2D eigenvalue weighted by Crippen LogP contribution is -2.49. The van der Waals surface area contributed by atoms with Crippen LogP contribution in [0, 0.1) is 0 Å². The molecule has 0 aromatic carbocycles. The van der Waals surface area contributed by atoms with Crippen molar-refractivity contribution in [3.05, 3.63) is 35.3 Å². The summed E-state index contributed by atoms with van der Waals surface area (Å²) >= 11 is 0. The van der Waals surface area contributed by atoms with Gasteiger partial charge in [-0.05, 0) is 64.5 Å². The summed E-state index contributed by atoms with van der Waals surface area (Å²) in [7, 11) is -3.01. The van der Waals surface area contributed by atoms with Gasteiger partial charge in [-0.3, -0.25) is 9.78 Å². The summed E-state index contributed by atoms with van der Waals surface area (Å²) in [5.74, 6) is 0.452. The van der Waals surface area contributed by atoms with E-state index in [-0.39, 0.29) is 40.8 Å². The third-order valence-corrected chi connectivity index (χ3v) is 8.87. The number of rotatable bonds is 7. The van der Waals surface area contributed by atoms with Gasteiger partial charge in [-0.25, -0.2) is 18.2 Å². The van der Waals surface area contributed by atoms with Gasteiger partial charge in [0.15, 0.2) is 0 Å². The molecule has 4 rings (SSSR count). The number of nitrogens with two attached hydrogens (primary N) is 1. The van der Waals surface area contributed by atoms with E-state index in [0.29, 0.717) is 37.6 Å². The Balaban J connectivity index is 1.58. The van der Waals surface area contributed by atoms with Crippen LogP contribution in [-0.4, -0.2) is 71.6 Å². The molecule has 224 valence electrons. The van der Waals surface area contributed by atoms with E-state index in [2.05, 4.69) is 20.6 Å². The molecule has 2 aliphatic rings. The lowest BCUT2D eigenvalue weighted by Gasteiger charge is -2.33. The van der Waals surface area contributed by atoms with E-state index in [1.165, 1.54) is 6.20 Å². The van der Waals surface area contributed by atoms with E-state index in [9.17, 15) is 18.0 Å². The summed E-state index contributed by atoms with van der Waals surface area (Å²) in [6, 6.07) is 3.65. The van der Waals surface area contributed by atoms with Crippen LogP contribution in [0.1, 0.15) is 93.9 Å². The Morgan fingerprint density at radius 2 is 1.83 bits per heavy atom. The Morgan fingerprint density at radius 3 is 2.46 bits per heavy atom. The van der Waals surface area contributed by atoms with Crippen LogP contribution in [0.4, 0.5) is 22.2 Å². The molecule has 2 fully saturated rings. The molecule has 12 nitrogen and oxygen atoms in total. The van der Waals surface area contributed by atoms with E-state index in [1.54, 1.807) is 0 Å². The van der Waals surface area contributed by atoms with Gasteiger partial charge in [-0.2, -0.15) is 4.98 Å². The summed E-state index contributed by atoms with van der Waals surface area (Å²) < 4.78 is 29.4. The number of anilines is 3. The maximum Gasteiger partial charge on any atom is 0.407 e. The summed E-state index contributed by atoms with van der Waals surface area (Å²) in [5.41, 5.74) is 7.56. The molecule has 2 aromatic heterocycles. The average Bonchev–Trinajstić information content (AvgIpc) is 2.87. The van der Waals surface area contributed by atoms with Crippen molar-refractivity contribution in [2.24, 2.45) is 5.73 Å². The zero-order chi connectivity index (χ0) is 29.9. The van der Waals surface area contributed by atoms with Crippen LogP contribution in [0.15, 0.2) is 18.3 Å². The number of nitrogens with zero attached hydrogens (tertiary/aromatic N) is 4. The fraction of sp³-hybridized carbons (Fsp3) is 0.607. The highest BCUT2D eigenvalue weighted by Gasteiger charge is 2.28. The number of carbonyl (C=O) groups excluding carboxylic acids is 2. The molecule has 0 bridgehead atoms. The molecule has 0 aliphatic carbocycles. The van der Waals surface area contributed by atoms with E-state index in [4.69, 9.17) is 15.5 Å². The fourth-order valence-electron chi connectivity index (χ4n) is 5.02. The molecular formula is C28H41N7O5S. The second kappa shape index (κ2) is 12.2. The van der Waals surface area contributed by atoms with Crippen LogP contribution in [0.3, 0.4) is 0 Å². The van der Waals surface area contributed by atoms with Crippen molar-refractivity contribution in [1.29, 1.82) is 0 Å². The minimum atomic E-state index is -3.01. The van der Waals surface area contributed by atoms with Crippen molar-refractivity contribution in [3.8, 4) is 0 Å². The topological polar surface area (TPSA) is 170 Å². The third-order valence-electron chi connectivity index (χ3n) is 7.16. The number of alkyl carbamates (subject to hydrolysis) is 1. The highest BCUT2D eigenvalue weighted by molar-refractivity contribution is 7.91. The van der Waals surface area contributed by atoms with E-state index in [0.717, 1.165) is 24.2 Å². The molecule has 0 radical (unpaired) electrons. The SMILES string of the molecule is CC(C)c1cc(Nc2nc(N3CCC[C@H](NC(=O)OC(C)(C)C)C3)ncc2C(N)=O)cc(C2CCS(=O)(=O)CC2)n1. The van der Waals surface area contributed by atoms with Crippen LogP contribution in [-0.2, 0) is 14.6 Å². The number of aromatic nitrogens is 3. The van der Waals surface area contributed by atoms with Crippen molar-refractivity contribution >= 4 is 39.3 Å². The largest absolute Gasteiger partial charge is 0.444 e. The molecule has 0 unspecified atom stereocenters. The van der Waals surface area contributed by atoms with Crippen molar-refractivity contribution in [3.63, 3.8) is 0 Å². The highest BCUT2D eigenvalue weighted by atomic mass is 32.2. The van der Waals surface area contributed by atoms with Gasteiger partial charge < -0.3 is 26.0 Å². The number of piperidine rings is 1. The van der Waals surface area contributed by atoms with E-state index < -0.39 is 27.4 Å². The lowest BCUT2D eigenvalue weighted by atomic mass is 9.96. The minimum Gasteiger partial charge on any atom is -0.444 e. The number of sulfone groups is 1. The molecule has 4 heterocycles. The summed E-state index contributed by atoms with van der Waals surface area (Å²) in [4.78, 5) is 40.5. The maximum absolute atomic E-state index is 12.3. The molecule has 2 saturated heterocycles. The first kappa shape index (κ1) is 30.5. The minimum absolute atomic E-state index is 0.0251. The molecule has 4 N–H and O–H groups in total. The van der Waals surface area contributed by atoms with Gasteiger partial charge >= 0.3 is 6.09 Å². The smallest absolute Gasteiger partial charge is 0.407 e. The third kappa shape index (κ3) is 8.27. The van der Waals surface area contributed by atoms with Gasteiger partial charge in [0, 0.05) is 48.3 Å². The number of carbonyl (C=O) groups is 2. The Bertz CT molecular complexity index is 1380. The first-order chi connectivity index (χ1) is 19.2. The predicted molar refractivity (Wildman–Crippen MR) is 157 cm³/mol. The van der Waals surface area contributed by atoms with Gasteiger partial charge in [0.2, 0.25) is 5.95 Å². The van der Waals surface area contributed by atoms with Crippen LogP contribution in [0.25, 0.3) is 0 Å². The number of pyridine rings is 1. The van der Waals surface area contributed by atoms with Gasteiger partial charge in [0.25, 0.3) is 5.91 Å². The molecule has 41 heavy (non-hydrogen) atoms. The predicted octanol–water partition coefficient (Wildman–Crippen LogP) is 3.62. The number of nitrogens with one attached hydrogen (secondary N) is 2. The number of amides is 2. The summed E-state index contributed by atoms with van der Waals surface area (Å²) in [6.07, 6.45) is 3.59. The number of ether oxygens (including phenoxy) is 1. The van der Waals surface area contributed by atoms with Crippen LogP contribution in [0.2, 0.25) is 0 Å². The van der Waals surface area contributed by atoms with Gasteiger partial charge in [0.05, 0.1) is 11.5 Å². The van der Waals surface area contributed by atoms with Crippen LogP contribution < -0.4 is 21.3 Å².